The highest BCUT2D eigenvalue weighted by atomic mass is 16.5. The standard InChI is InChI=1S/C22H32N2O3/c1-13(2)19-15(4)11-17(6)24(22(19)26)10-9-14(3)20-18(27-8)12-16(5)23(7)21(20)25/h11-14H,9-10H2,1-8H3. The molecule has 0 aliphatic heterocycles. The number of methoxy groups -OCH3 is 1. The van der Waals surface area contributed by atoms with Gasteiger partial charge >= 0.3 is 0 Å². The topological polar surface area (TPSA) is 53.2 Å². The molecule has 0 fully saturated rings. The molecular formula is C22H32N2O3. The summed E-state index contributed by atoms with van der Waals surface area (Å²) in [6, 6.07) is 3.97. The minimum absolute atomic E-state index is 0.0191. The molecule has 0 radical (unpaired) electrons. The molecule has 2 heterocycles. The van der Waals surface area contributed by atoms with Crippen LogP contribution >= 0.6 is 0 Å². The second-order valence-corrected chi connectivity index (χ2v) is 7.82. The van der Waals surface area contributed by atoms with E-state index >= 15 is 0 Å². The lowest BCUT2D eigenvalue weighted by atomic mass is 9.96. The van der Waals surface area contributed by atoms with E-state index in [1.54, 1.807) is 18.7 Å². The van der Waals surface area contributed by atoms with Crippen LogP contribution in [-0.2, 0) is 13.6 Å². The van der Waals surface area contributed by atoms with Gasteiger partial charge in [0.25, 0.3) is 11.1 Å². The van der Waals surface area contributed by atoms with Crippen LogP contribution in [0.5, 0.6) is 5.75 Å². The van der Waals surface area contributed by atoms with Crippen molar-refractivity contribution in [1.82, 2.24) is 9.13 Å². The Balaban J connectivity index is 2.39. The van der Waals surface area contributed by atoms with Gasteiger partial charge in [-0.05, 0) is 56.7 Å². The van der Waals surface area contributed by atoms with Gasteiger partial charge in [0.05, 0.1) is 12.7 Å². The maximum absolute atomic E-state index is 13.0. The smallest absolute Gasteiger partial charge is 0.257 e. The molecule has 1 atom stereocenters. The quantitative estimate of drug-likeness (QED) is 0.775. The summed E-state index contributed by atoms with van der Waals surface area (Å²) < 4.78 is 8.95. The van der Waals surface area contributed by atoms with Gasteiger partial charge in [-0.3, -0.25) is 9.59 Å². The van der Waals surface area contributed by atoms with Crippen LogP contribution in [0.1, 0.15) is 67.1 Å². The number of hydrogen-bond donors (Lipinski definition) is 0. The van der Waals surface area contributed by atoms with E-state index in [4.69, 9.17) is 4.74 Å². The molecule has 0 N–H and O–H groups in total. The summed E-state index contributed by atoms with van der Waals surface area (Å²) >= 11 is 0. The fourth-order valence-electron chi connectivity index (χ4n) is 3.82. The van der Waals surface area contributed by atoms with Crippen LogP contribution in [0.4, 0.5) is 0 Å². The van der Waals surface area contributed by atoms with Crippen molar-refractivity contribution < 1.29 is 4.74 Å². The third kappa shape index (κ3) is 4.02. The van der Waals surface area contributed by atoms with Crippen LogP contribution in [-0.4, -0.2) is 16.2 Å². The van der Waals surface area contributed by atoms with E-state index in [2.05, 4.69) is 6.07 Å². The largest absolute Gasteiger partial charge is 0.496 e. The Morgan fingerprint density at radius 2 is 1.59 bits per heavy atom. The maximum atomic E-state index is 13.0. The van der Waals surface area contributed by atoms with E-state index in [1.165, 1.54) is 0 Å². The number of aromatic nitrogens is 2. The molecule has 0 aromatic carbocycles. The van der Waals surface area contributed by atoms with Gasteiger partial charge in [-0.25, -0.2) is 0 Å². The molecule has 148 valence electrons. The van der Waals surface area contributed by atoms with E-state index in [1.807, 2.05) is 52.2 Å². The minimum atomic E-state index is -0.0322. The van der Waals surface area contributed by atoms with Crippen LogP contribution in [0.3, 0.4) is 0 Å². The Morgan fingerprint density at radius 3 is 2.15 bits per heavy atom. The Labute approximate surface area is 161 Å². The molecule has 2 aromatic rings. The van der Waals surface area contributed by atoms with Crippen molar-refractivity contribution in [2.24, 2.45) is 7.05 Å². The minimum Gasteiger partial charge on any atom is -0.496 e. The van der Waals surface area contributed by atoms with Crippen molar-refractivity contribution in [2.75, 3.05) is 7.11 Å². The van der Waals surface area contributed by atoms with Crippen molar-refractivity contribution in [2.45, 2.75) is 66.3 Å². The molecule has 0 aliphatic carbocycles. The molecule has 5 nitrogen and oxygen atoms in total. The molecule has 0 spiro atoms. The highest BCUT2D eigenvalue weighted by molar-refractivity contribution is 5.36. The molecule has 2 aromatic heterocycles. The summed E-state index contributed by atoms with van der Waals surface area (Å²) in [4.78, 5) is 25.7. The molecule has 0 saturated heterocycles. The average molecular weight is 373 g/mol. The lowest BCUT2D eigenvalue weighted by Gasteiger charge is -2.20. The van der Waals surface area contributed by atoms with E-state index in [9.17, 15) is 9.59 Å². The molecule has 0 saturated carbocycles. The first kappa shape index (κ1) is 21.0. The van der Waals surface area contributed by atoms with Gasteiger partial charge in [0.15, 0.2) is 0 Å². The van der Waals surface area contributed by atoms with Gasteiger partial charge in [-0.15, -0.1) is 0 Å². The Morgan fingerprint density at radius 1 is 0.963 bits per heavy atom. The third-order valence-corrected chi connectivity index (χ3v) is 5.50. The predicted molar refractivity (Wildman–Crippen MR) is 110 cm³/mol. The van der Waals surface area contributed by atoms with E-state index in [0.717, 1.165) is 22.5 Å². The van der Waals surface area contributed by atoms with Gasteiger partial charge in [-0.1, -0.05) is 20.8 Å². The first-order valence-electron chi connectivity index (χ1n) is 9.55. The van der Waals surface area contributed by atoms with Crippen molar-refractivity contribution in [3.8, 4) is 5.75 Å². The number of hydrogen-bond acceptors (Lipinski definition) is 3. The van der Waals surface area contributed by atoms with Crippen molar-refractivity contribution in [1.29, 1.82) is 0 Å². The van der Waals surface area contributed by atoms with E-state index < -0.39 is 0 Å². The van der Waals surface area contributed by atoms with Gasteiger partial charge in [0, 0.05) is 30.5 Å². The molecule has 5 heteroatoms. The Hall–Kier alpha value is -2.30. The van der Waals surface area contributed by atoms with Crippen molar-refractivity contribution >= 4 is 0 Å². The normalized spacial score (nSPS) is 12.5. The Kier molecular flexibility index (Phi) is 6.34. The van der Waals surface area contributed by atoms with Crippen LogP contribution in [0.25, 0.3) is 0 Å². The lowest BCUT2D eigenvalue weighted by Crippen LogP contribution is -2.29. The van der Waals surface area contributed by atoms with Crippen LogP contribution in [0, 0.1) is 20.8 Å². The van der Waals surface area contributed by atoms with E-state index in [0.29, 0.717) is 24.3 Å². The molecule has 27 heavy (non-hydrogen) atoms. The summed E-state index contributed by atoms with van der Waals surface area (Å²) in [5, 5.41) is 0. The second-order valence-electron chi connectivity index (χ2n) is 7.82. The number of nitrogens with zero attached hydrogens (tertiary/aromatic N) is 2. The van der Waals surface area contributed by atoms with Crippen molar-refractivity contribution in [3.05, 3.63) is 60.9 Å². The number of aryl methyl sites for hydroxylation is 3. The Bertz CT molecular complexity index is 951. The summed E-state index contributed by atoms with van der Waals surface area (Å²) in [5.74, 6) is 0.791. The maximum Gasteiger partial charge on any atom is 0.257 e. The second kappa shape index (κ2) is 8.15. The van der Waals surface area contributed by atoms with E-state index in [-0.39, 0.29) is 23.0 Å². The molecular weight excluding hydrogens is 340 g/mol. The van der Waals surface area contributed by atoms with Crippen LogP contribution in [0.2, 0.25) is 0 Å². The molecule has 1 unspecified atom stereocenters. The zero-order chi connectivity index (χ0) is 20.5. The monoisotopic (exact) mass is 372 g/mol. The molecule has 2 rings (SSSR count). The highest BCUT2D eigenvalue weighted by Crippen LogP contribution is 2.27. The lowest BCUT2D eigenvalue weighted by molar-refractivity contribution is 0.399. The molecule has 0 amide bonds. The van der Waals surface area contributed by atoms with Gasteiger partial charge in [-0.2, -0.15) is 0 Å². The molecule has 0 bridgehead atoms. The summed E-state index contributed by atoms with van der Waals surface area (Å²) in [6.45, 7) is 12.5. The van der Waals surface area contributed by atoms with Crippen LogP contribution < -0.4 is 15.9 Å². The number of ether oxygens (including phenoxy) is 1. The zero-order valence-corrected chi connectivity index (χ0v) is 17.8. The third-order valence-electron chi connectivity index (χ3n) is 5.50. The van der Waals surface area contributed by atoms with Crippen LogP contribution in [0.15, 0.2) is 21.7 Å². The highest BCUT2D eigenvalue weighted by Gasteiger charge is 2.20. The van der Waals surface area contributed by atoms with Crippen molar-refractivity contribution in [3.63, 3.8) is 0 Å². The van der Waals surface area contributed by atoms with Gasteiger partial charge in [0.2, 0.25) is 0 Å². The van der Waals surface area contributed by atoms with Gasteiger partial charge < -0.3 is 13.9 Å². The van der Waals surface area contributed by atoms with Gasteiger partial charge in [0.1, 0.15) is 5.75 Å². The SMILES string of the molecule is COc1cc(C)n(C)c(=O)c1C(C)CCn1c(C)cc(C)c(C(C)C)c1=O. The predicted octanol–water partition coefficient (Wildman–Crippen LogP) is 3.80. The first-order chi connectivity index (χ1) is 12.6. The molecule has 0 aliphatic rings. The summed E-state index contributed by atoms with van der Waals surface area (Å²) in [5.41, 5.74) is 4.46. The summed E-state index contributed by atoms with van der Waals surface area (Å²) in [6.07, 6.45) is 0.690. The fraction of sp³-hybridized carbons (Fsp3) is 0.545. The number of rotatable bonds is 6. The summed E-state index contributed by atoms with van der Waals surface area (Å²) in [7, 11) is 3.37. The zero-order valence-electron chi connectivity index (χ0n) is 17.8. The fourth-order valence-corrected chi connectivity index (χ4v) is 3.82. The number of pyridine rings is 2. The average Bonchev–Trinajstić information content (AvgIpc) is 2.58. The first-order valence-corrected chi connectivity index (χ1v) is 9.55.